The standard InChI is InChI=1S/C19H22ClNS/c1-18(2,20)19(3,4)22-21-17(15-11-7-5-8-12-15)16-13-9-6-10-14-16/h5-14H,1-4H3. The molecule has 0 saturated carbocycles. The van der Waals surface area contributed by atoms with Crippen LogP contribution in [0, 0.1) is 0 Å². The molecular formula is C19H22ClNS. The molecule has 0 N–H and O–H groups in total. The summed E-state index contributed by atoms with van der Waals surface area (Å²) in [6.07, 6.45) is 0. The molecule has 0 fully saturated rings. The molecule has 0 aromatic heterocycles. The Morgan fingerprint density at radius 2 is 1.23 bits per heavy atom. The van der Waals surface area contributed by atoms with Gasteiger partial charge in [0.25, 0.3) is 0 Å². The second kappa shape index (κ2) is 6.89. The van der Waals surface area contributed by atoms with Gasteiger partial charge in [-0.1, -0.05) is 60.7 Å². The van der Waals surface area contributed by atoms with Gasteiger partial charge in [0.1, 0.15) is 0 Å². The lowest BCUT2D eigenvalue weighted by molar-refractivity contribution is 0.542. The zero-order chi connectivity index (χ0) is 16.2. The molecule has 116 valence electrons. The largest absolute Gasteiger partial charge is 0.215 e. The topological polar surface area (TPSA) is 12.4 Å². The van der Waals surface area contributed by atoms with E-state index in [1.54, 1.807) is 0 Å². The highest BCUT2D eigenvalue weighted by molar-refractivity contribution is 7.99. The van der Waals surface area contributed by atoms with Crippen LogP contribution in [0.25, 0.3) is 0 Å². The summed E-state index contributed by atoms with van der Waals surface area (Å²) in [5.41, 5.74) is 3.22. The molecule has 0 aliphatic heterocycles. The molecule has 0 aliphatic carbocycles. The first-order valence-corrected chi connectivity index (χ1v) is 8.52. The van der Waals surface area contributed by atoms with Gasteiger partial charge >= 0.3 is 0 Å². The van der Waals surface area contributed by atoms with Gasteiger partial charge in [-0.2, -0.15) is 0 Å². The maximum atomic E-state index is 6.51. The minimum atomic E-state index is -0.348. The monoisotopic (exact) mass is 331 g/mol. The van der Waals surface area contributed by atoms with Crippen molar-refractivity contribution < 1.29 is 0 Å². The molecular weight excluding hydrogens is 310 g/mol. The van der Waals surface area contributed by atoms with Crippen molar-refractivity contribution in [1.82, 2.24) is 0 Å². The summed E-state index contributed by atoms with van der Waals surface area (Å²) in [4.78, 5) is -0.348. The van der Waals surface area contributed by atoms with E-state index < -0.39 is 0 Å². The maximum absolute atomic E-state index is 6.51. The van der Waals surface area contributed by atoms with Crippen molar-refractivity contribution in [3.05, 3.63) is 71.8 Å². The van der Waals surface area contributed by atoms with Crippen LogP contribution >= 0.6 is 23.5 Å². The minimum absolute atomic E-state index is 0.177. The first-order valence-electron chi connectivity index (χ1n) is 7.37. The van der Waals surface area contributed by atoms with Crippen LogP contribution in [-0.4, -0.2) is 15.3 Å². The Morgan fingerprint density at radius 1 is 0.818 bits per heavy atom. The van der Waals surface area contributed by atoms with Gasteiger partial charge in [-0.3, -0.25) is 0 Å². The van der Waals surface area contributed by atoms with E-state index >= 15 is 0 Å². The third-order valence-electron chi connectivity index (χ3n) is 3.89. The number of hydrogen-bond acceptors (Lipinski definition) is 2. The van der Waals surface area contributed by atoms with Gasteiger partial charge in [-0.05, 0) is 39.6 Å². The van der Waals surface area contributed by atoms with Crippen LogP contribution in [0.5, 0.6) is 0 Å². The van der Waals surface area contributed by atoms with Crippen molar-refractivity contribution >= 4 is 29.3 Å². The van der Waals surface area contributed by atoms with Gasteiger partial charge < -0.3 is 0 Å². The second-order valence-electron chi connectivity index (χ2n) is 6.25. The summed E-state index contributed by atoms with van der Waals surface area (Å²) in [6, 6.07) is 20.5. The van der Waals surface area contributed by atoms with Gasteiger partial charge in [0.05, 0.1) is 15.3 Å². The fourth-order valence-electron chi connectivity index (χ4n) is 1.73. The molecule has 0 aliphatic rings. The smallest absolute Gasteiger partial charge is 0.0857 e. The molecule has 2 aromatic carbocycles. The zero-order valence-corrected chi connectivity index (χ0v) is 15.1. The van der Waals surface area contributed by atoms with Crippen molar-refractivity contribution in [2.45, 2.75) is 37.3 Å². The molecule has 0 radical (unpaired) electrons. The molecule has 1 nitrogen and oxygen atoms in total. The molecule has 0 atom stereocenters. The predicted octanol–water partition coefficient (Wildman–Crippen LogP) is 5.97. The Hall–Kier alpha value is -1.25. The van der Waals surface area contributed by atoms with Gasteiger partial charge in [0.15, 0.2) is 0 Å². The van der Waals surface area contributed by atoms with Gasteiger partial charge in [0, 0.05) is 11.1 Å². The number of alkyl halides is 1. The maximum Gasteiger partial charge on any atom is 0.0857 e. The average molecular weight is 332 g/mol. The van der Waals surface area contributed by atoms with Crippen LogP contribution in [0.15, 0.2) is 65.1 Å². The van der Waals surface area contributed by atoms with E-state index in [0.29, 0.717) is 0 Å². The molecule has 2 aromatic rings. The van der Waals surface area contributed by atoms with E-state index in [0.717, 1.165) is 16.8 Å². The van der Waals surface area contributed by atoms with Crippen molar-refractivity contribution in [2.24, 2.45) is 4.40 Å². The lowest BCUT2D eigenvalue weighted by Crippen LogP contribution is -2.36. The molecule has 0 amide bonds. The molecule has 0 unspecified atom stereocenters. The summed E-state index contributed by atoms with van der Waals surface area (Å²) in [5, 5.41) is 0. The van der Waals surface area contributed by atoms with Crippen molar-refractivity contribution in [2.75, 3.05) is 0 Å². The van der Waals surface area contributed by atoms with Gasteiger partial charge in [-0.25, -0.2) is 4.40 Å². The summed E-state index contributed by atoms with van der Waals surface area (Å²) >= 11 is 8.05. The summed E-state index contributed by atoms with van der Waals surface area (Å²) < 4.78 is 4.67. The molecule has 0 spiro atoms. The summed E-state index contributed by atoms with van der Waals surface area (Å²) in [7, 11) is 0. The molecule has 0 heterocycles. The fourth-order valence-corrected chi connectivity index (χ4v) is 2.58. The Kier molecular flexibility index (Phi) is 5.36. The zero-order valence-electron chi connectivity index (χ0n) is 13.5. The second-order valence-corrected chi connectivity index (χ2v) is 8.58. The van der Waals surface area contributed by atoms with Crippen LogP contribution in [0.2, 0.25) is 0 Å². The Labute approximate surface area is 143 Å². The van der Waals surface area contributed by atoms with Crippen LogP contribution in [0.1, 0.15) is 38.8 Å². The first kappa shape index (κ1) is 17.1. The Bertz CT molecular complexity index is 586. The number of hydrogen-bond donors (Lipinski definition) is 0. The number of benzene rings is 2. The van der Waals surface area contributed by atoms with Crippen LogP contribution in [0.3, 0.4) is 0 Å². The quantitative estimate of drug-likeness (QED) is 0.373. The molecule has 0 saturated heterocycles. The van der Waals surface area contributed by atoms with Crippen molar-refractivity contribution in [3.8, 4) is 0 Å². The first-order chi connectivity index (χ1) is 10.3. The number of halogens is 1. The van der Waals surface area contributed by atoms with Crippen LogP contribution < -0.4 is 0 Å². The molecule has 3 heteroatoms. The van der Waals surface area contributed by atoms with E-state index in [1.165, 1.54) is 11.9 Å². The number of rotatable bonds is 5. The highest BCUT2D eigenvalue weighted by Crippen LogP contribution is 2.40. The van der Waals surface area contributed by atoms with Gasteiger partial charge in [0.2, 0.25) is 0 Å². The Morgan fingerprint density at radius 3 is 1.59 bits per heavy atom. The molecule has 22 heavy (non-hydrogen) atoms. The Balaban J connectivity index is 2.40. The van der Waals surface area contributed by atoms with Crippen molar-refractivity contribution in [3.63, 3.8) is 0 Å². The number of nitrogens with zero attached hydrogens (tertiary/aromatic N) is 1. The minimum Gasteiger partial charge on any atom is -0.215 e. The highest BCUT2D eigenvalue weighted by Gasteiger charge is 2.36. The molecule has 2 rings (SSSR count). The molecule has 0 bridgehead atoms. The summed E-state index contributed by atoms with van der Waals surface area (Å²) in [6.45, 7) is 8.31. The third-order valence-corrected chi connectivity index (χ3v) is 5.72. The van der Waals surface area contributed by atoms with Crippen molar-refractivity contribution in [1.29, 1.82) is 0 Å². The van der Waals surface area contributed by atoms with Crippen LogP contribution in [0.4, 0.5) is 0 Å². The highest BCUT2D eigenvalue weighted by atomic mass is 35.5. The van der Waals surface area contributed by atoms with Crippen LogP contribution in [-0.2, 0) is 0 Å². The van der Waals surface area contributed by atoms with E-state index in [-0.39, 0.29) is 9.62 Å². The van der Waals surface area contributed by atoms with Gasteiger partial charge in [-0.15, -0.1) is 11.6 Å². The average Bonchev–Trinajstić information content (AvgIpc) is 2.48. The fraction of sp³-hybridized carbons (Fsp3) is 0.316. The normalized spacial score (nSPS) is 12.0. The third kappa shape index (κ3) is 4.15. The van der Waals surface area contributed by atoms with E-state index in [2.05, 4.69) is 38.1 Å². The SMILES string of the molecule is CC(C)(Cl)C(C)(C)SN=C(c1ccccc1)c1ccccc1. The summed E-state index contributed by atoms with van der Waals surface area (Å²) in [5.74, 6) is 0. The lowest BCUT2D eigenvalue weighted by atomic mass is 9.98. The van der Waals surface area contributed by atoms with E-state index in [4.69, 9.17) is 16.0 Å². The lowest BCUT2D eigenvalue weighted by Gasteiger charge is -2.34. The predicted molar refractivity (Wildman–Crippen MR) is 100 cm³/mol. The van der Waals surface area contributed by atoms with E-state index in [9.17, 15) is 0 Å². The van der Waals surface area contributed by atoms with E-state index in [1.807, 2.05) is 50.2 Å².